The second-order valence-electron chi connectivity index (χ2n) is 5.22. The lowest BCUT2D eigenvalue weighted by atomic mass is 10.1. The van der Waals surface area contributed by atoms with Crippen LogP contribution in [-0.2, 0) is 16.4 Å². The highest BCUT2D eigenvalue weighted by Gasteiger charge is 2.24. The summed E-state index contributed by atoms with van der Waals surface area (Å²) >= 11 is 6.06. The number of nitrogens with two attached hydrogens (primary N) is 1. The Bertz CT molecular complexity index is 767. The minimum absolute atomic E-state index is 0.134. The van der Waals surface area contributed by atoms with Crippen molar-refractivity contribution in [1.82, 2.24) is 4.31 Å². The predicted molar refractivity (Wildman–Crippen MR) is 96.0 cm³/mol. The Labute approximate surface area is 148 Å². The maximum atomic E-state index is 12.9. The number of halogens is 1. The van der Waals surface area contributed by atoms with E-state index >= 15 is 0 Å². The molecule has 0 aliphatic carbocycles. The summed E-state index contributed by atoms with van der Waals surface area (Å²) in [5.41, 5.74) is 6.67. The van der Waals surface area contributed by atoms with Crippen LogP contribution in [0.4, 0.5) is 0 Å². The van der Waals surface area contributed by atoms with Crippen LogP contribution in [0.1, 0.15) is 5.56 Å². The molecule has 2 rings (SSSR count). The van der Waals surface area contributed by atoms with Gasteiger partial charge in [0.25, 0.3) is 0 Å². The van der Waals surface area contributed by atoms with Gasteiger partial charge in [-0.1, -0.05) is 41.9 Å². The molecule has 0 saturated heterocycles. The van der Waals surface area contributed by atoms with Gasteiger partial charge in [-0.05, 0) is 30.2 Å². The molecule has 0 unspecified atom stereocenters. The predicted octanol–water partition coefficient (Wildman–Crippen LogP) is 2.54. The lowest BCUT2D eigenvalue weighted by molar-refractivity contribution is 0.413. The number of ether oxygens (including phenoxy) is 1. The molecule has 2 aromatic rings. The van der Waals surface area contributed by atoms with E-state index in [9.17, 15) is 8.42 Å². The molecule has 0 fully saturated rings. The number of hydrogen-bond acceptors (Lipinski definition) is 4. The van der Waals surface area contributed by atoms with E-state index in [0.29, 0.717) is 18.7 Å². The highest BCUT2D eigenvalue weighted by molar-refractivity contribution is 7.89. The van der Waals surface area contributed by atoms with Crippen LogP contribution in [0.5, 0.6) is 5.75 Å². The maximum Gasteiger partial charge on any atom is 0.243 e. The quantitative estimate of drug-likeness (QED) is 0.777. The fourth-order valence-corrected chi connectivity index (χ4v) is 4.16. The molecule has 0 aliphatic rings. The average molecular weight is 369 g/mol. The van der Waals surface area contributed by atoms with E-state index < -0.39 is 10.0 Å². The summed E-state index contributed by atoms with van der Waals surface area (Å²) in [6.45, 7) is 0.851. The van der Waals surface area contributed by atoms with Crippen LogP contribution in [0.15, 0.2) is 53.4 Å². The summed E-state index contributed by atoms with van der Waals surface area (Å²) in [6, 6.07) is 14.2. The SMILES string of the molecule is COc1ccc(S(=O)(=O)N(CCN)CCc2ccccc2)cc1Cl. The number of sulfonamides is 1. The summed E-state index contributed by atoms with van der Waals surface area (Å²) in [7, 11) is -2.19. The van der Waals surface area contributed by atoms with Crippen molar-refractivity contribution in [3.05, 3.63) is 59.1 Å². The van der Waals surface area contributed by atoms with Gasteiger partial charge in [-0.3, -0.25) is 0 Å². The van der Waals surface area contributed by atoms with Crippen molar-refractivity contribution < 1.29 is 13.2 Å². The van der Waals surface area contributed by atoms with Gasteiger partial charge in [0.1, 0.15) is 5.75 Å². The Morgan fingerprint density at radius 3 is 2.42 bits per heavy atom. The van der Waals surface area contributed by atoms with Crippen molar-refractivity contribution in [1.29, 1.82) is 0 Å². The summed E-state index contributed by atoms with van der Waals surface area (Å²) in [4.78, 5) is 0.134. The van der Waals surface area contributed by atoms with Gasteiger partial charge in [-0.2, -0.15) is 4.31 Å². The van der Waals surface area contributed by atoms with Crippen molar-refractivity contribution in [3.8, 4) is 5.75 Å². The minimum Gasteiger partial charge on any atom is -0.495 e. The van der Waals surface area contributed by atoms with Crippen LogP contribution < -0.4 is 10.5 Å². The molecule has 5 nitrogen and oxygen atoms in total. The molecule has 0 spiro atoms. The van der Waals surface area contributed by atoms with Gasteiger partial charge in [0.05, 0.1) is 17.0 Å². The van der Waals surface area contributed by atoms with E-state index in [1.54, 1.807) is 6.07 Å². The van der Waals surface area contributed by atoms with E-state index in [2.05, 4.69) is 0 Å². The molecule has 2 N–H and O–H groups in total. The standard InChI is InChI=1S/C17H21ClN2O3S/c1-23-17-8-7-15(13-16(17)18)24(21,22)20(12-10-19)11-9-14-5-3-2-4-6-14/h2-8,13H,9-12,19H2,1H3. The van der Waals surface area contributed by atoms with E-state index in [0.717, 1.165) is 5.56 Å². The zero-order chi connectivity index (χ0) is 17.6. The minimum atomic E-state index is -3.67. The molecule has 0 heterocycles. The van der Waals surface area contributed by atoms with Crippen LogP contribution in [0, 0.1) is 0 Å². The topological polar surface area (TPSA) is 72.6 Å². The summed E-state index contributed by atoms with van der Waals surface area (Å²) < 4.78 is 32.2. The Morgan fingerprint density at radius 2 is 1.83 bits per heavy atom. The van der Waals surface area contributed by atoms with E-state index in [-0.39, 0.29) is 23.0 Å². The first-order chi connectivity index (χ1) is 11.5. The third-order valence-electron chi connectivity index (χ3n) is 3.63. The van der Waals surface area contributed by atoms with Gasteiger partial charge in [0.2, 0.25) is 10.0 Å². The monoisotopic (exact) mass is 368 g/mol. The molecular formula is C17H21ClN2O3S. The fourth-order valence-electron chi connectivity index (χ4n) is 2.35. The van der Waals surface area contributed by atoms with Crippen LogP contribution in [0.2, 0.25) is 5.02 Å². The molecule has 0 aromatic heterocycles. The van der Waals surface area contributed by atoms with Crippen molar-refractivity contribution in [2.24, 2.45) is 5.73 Å². The number of nitrogens with zero attached hydrogens (tertiary/aromatic N) is 1. The van der Waals surface area contributed by atoms with Crippen LogP contribution in [0.3, 0.4) is 0 Å². The average Bonchev–Trinajstić information content (AvgIpc) is 2.59. The Balaban J connectivity index is 2.23. The summed E-state index contributed by atoms with van der Waals surface area (Å²) in [5.74, 6) is 0.435. The maximum absolute atomic E-state index is 12.9. The summed E-state index contributed by atoms with van der Waals surface area (Å²) in [6.07, 6.45) is 0.615. The first kappa shape index (κ1) is 18.7. The van der Waals surface area contributed by atoms with Gasteiger partial charge in [0.15, 0.2) is 0 Å². The van der Waals surface area contributed by atoms with E-state index in [1.807, 2.05) is 30.3 Å². The molecule has 0 bridgehead atoms. The molecule has 0 atom stereocenters. The fraction of sp³-hybridized carbons (Fsp3) is 0.294. The molecule has 130 valence electrons. The largest absolute Gasteiger partial charge is 0.495 e. The Morgan fingerprint density at radius 1 is 1.12 bits per heavy atom. The third-order valence-corrected chi connectivity index (χ3v) is 5.82. The second kappa shape index (κ2) is 8.48. The molecule has 7 heteroatoms. The molecule has 0 radical (unpaired) electrons. The molecule has 2 aromatic carbocycles. The van der Waals surface area contributed by atoms with Gasteiger partial charge in [0, 0.05) is 19.6 Å². The zero-order valence-electron chi connectivity index (χ0n) is 13.5. The van der Waals surface area contributed by atoms with Crippen molar-refractivity contribution >= 4 is 21.6 Å². The smallest absolute Gasteiger partial charge is 0.243 e. The molecule has 0 saturated carbocycles. The first-order valence-electron chi connectivity index (χ1n) is 7.56. The summed E-state index contributed by atoms with van der Waals surface area (Å²) in [5, 5.41) is 0.259. The van der Waals surface area contributed by atoms with Gasteiger partial charge in [-0.15, -0.1) is 0 Å². The van der Waals surface area contributed by atoms with Crippen molar-refractivity contribution in [2.75, 3.05) is 26.7 Å². The lowest BCUT2D eigenvalue weighted by Gasteiger charge is -2.22. The highest BCUT2D eigenvalue weighted by atomic mass is 35.5. The Kier molecular flexibility index (Phi) is 6.62. The number of methoxy groups -OCH3 is 1. The van der Waals surface area contributed by atoms with Gasteiger partial charge < -0.3 is 10.5 Å². The molecular weight excluding hydrogens is 348 g/mol. The van der Waals surface area contributed by atoms with Crippen molar-refractivity contribution in [2.45, 2.75) is 11.3 Å². The molecule has 0 amide bonds. The van der Waals surface area contributed by atoms with Crippen LogP contribution in [-0.4, -0.2) is 39.5 Å². The van der Waals surface area contributed by atoms with Crippen molar-refractivity contribution in [3.63, 3.8) is 0 Å². The number of hydrogen-bond donors (Lipinski definition) is 1. The molecule has 24 heavy (non-hydrogen) atoms. The molecule has 0 aliphatic heterocycles. The highest BCUT2D eigenvalue weighted by Crippen LogP contribution is 2.28. The lowest BCUT2D eigenvalue weighted by Crippen LogP contribution is -2.36. The van der Waals surface area contributed by atoms with Crippen LogP contribution in [0.25, 0.3) is 0 Å². The van der Waals surface area contributed by atoms with Gasteiger partial charge >= 0.3 is 0 Å². The Hall–Kier alpha value is -1.60. The van der Waals surface area contributed by atoms with E-state index in [1.165, 1.54) is 23.5 Å². The zero-order valence-corrected chi connectivity index (χ0v) is 15.1. The van der Waals surface area contributed by atoms with E-state index in [4.69, 9.17) is 22.1 Å². The second-order valence-corrected chi connectivity index (χ2v) is 7.57. The van der Waals surface area contributed by atoms with Crippen LogP contribution >= 0.6 is 11.6 Å². The third kappa shape index (κ3) is 4.48. The normalized spacial score (nSPS) is 11.7. The number of rotatable bonds is 8. The number of benzene rings is 2. The van der Waals surface area contributed by atoms with Gasteiger partial charge in [-0.25, -0.2) is 8.42 Å². The first-order valence-corrected chi connectivity index (χ1v) is 9.38.